The molecule has 0 aliphatic carbocycles. The molecule has 3 heteroatoms. The first-order valence-electron chi connectivity index (χ1n) is 7.12. The van der Waals surface area contributed by atoms with Gasteiger partial charge in [-0.15, -0.1) is 0 Å². The Kier molecular flexibility index (Phi) is 6.57. The predicted molar refractivity (Wildman–Crippen MR) is 79.8 cm³/mol. The van der Waals surface area contributed by atoms with Gasteiger partial charge in [-0.25, -0.2) is 0 Å². The van der Waals surface area contributed by atoms with E-state index in [9.17, 15) is 4.79 Å². The van der Waals surface area contributed by atoms with Crippen LogP contribution in [0.15, 0.2) is 30.3 Å². The molecule has 0 spiro atoms. The Balaban J connectivity index is 2.51. The lowest BCUT2D eigenvalue weighted by Crippen LogP contribution is -2.45. The highest BCUT2D eigenvalue weighted by Gasteiger charge is 2.20. The fourth-order valence-corrected chi connectivity index (χ4v) is 2.18. The van der Waals surface area contributed by atoms with E-state index in [0.717, 1.165) is 25.9 Å². The van der Waals surface area contributed by atoms with E-state index >= 15 is 0 Å². The summed E-state index contributed by atoms with van der Waals surface area (Å²) in [5.41, 5.74) is 7.23. The van der Waals surface area contributed by atoms with Gasteiger partial charge in [0.2, 0.25) is 5.91 Å². The molecule has 0 aromatic heterocycles. The second-order valence-corrected chi connectivity index (χ2v) is 5.39. The van der Waals surface area contributed by atoms with E-state index in [-0.39, 0.29) is 11.9 Å². The molecule has 1 aromatic carbocycles. The first kappa shape index (κ1) is 15.7. The van der Waals surface area contributed by atoms with E-state index in [2.05, 4.69) is 26.0 Å². The molecule has 1 aromatic rings. The van der Waals surface area contributed by atoms with E-state index in [1.165, 1.54) is 5.56 Å². The summed E-state index contributed by atoms with van der Waals surface area (Å²) in [7, 11) is 0. The van der Waals surface area contributed by atoms with Crippen molar-refractivity contribution in [1.29, 1.82) is 0 Å². The van der Waals surface area contributed by atoms with Crippen molar-refractivity contribution in [3.63, 3.8) is 0 Å². The lowest BCUT2D eigenvalue weighted by atomic mass is 10.0. The van der Waals surface area contributed by atoms with Crippen molar-refractivity contribution in [3.8, 4) is 0 Å². The number of carbonyl (C=O) groups excluding carboxylic acids is 1. The number of amides is 1. The van der Waals surface area contributed by atoms with Gasteiger partial charge in [-0.3, -0.25) is 4.79 Å². The van der Waals surface area contributed by atoms with Gasteiger partial charge in [-0.1, -0.05) is 44.2 Å². The third-order valence-corrected chi connectivity index (χ3v) is 3.25. The summed E-state index contributed by atoms with van der Waals surface area (Å²) in [5.74, 6) is 0.527. The van der Waals surface area contributed by atoms with Gasteiger partial charge in [0.25, 0.3) is 0 Å². The minimum Gasteiger partial charge on any atom is -0.341 e. The fraction of sp³-hybridized carbons (Fsp3) is 0.562. The smallest absolute Gasteiger partial charge is 0.239 e. The van der Waals surface area contributed by atoms with Crippen molar-refractivity contribution < 1.29 is 4.79 Å². The summed E-state index contributed by atoms with van der Waals surface area (Å²) in [4.78, 5) is 14.1. The van der Waals surface area contributed by atoms with Crippen LogP contribution in [0, 0.1) is 5.92 Å². The maximum absolute atomic E-state index is 12.2. The van der Waals surface area contributed by atoms with Crippen molar-refractivity contribution in [1.82, 2.24) is 4.90 Å². The third kappa shape index (κ3) is 5.43. The van der Waals surface area contributed by atoms with Gasteiger partial charge in [0.1, 0.15) is 0 Å². The molecule has 19 heavy (non-hydrogen) atoms. The van der Waals surface area contributed by atoms with E-state index in [1.807, 2.05) is 30.0 Å². The third-order valence-electron chi connectivity index (χ3n) is 3.25. The molecule has 1 amide bonds. The molecule has 0 fully saturated rings. The lowest BCUT2D eigenvalue weighted by molar-refractivity contribution is -0.132. The number of benzene rings is 1. The van der Waals surface area contributed by atoms with Gasteiger partial charge >= 0.3 is 0 Å². The van der Waals surface area contributed by atoms with Crippen LogP contribution in [0.1, 0.15) is 32.8 Å². The summed E-state index contributed by atoms with van der Waals surface area (Å²) in [6.07, 6.45) is 1.63. The second kappa shape index (κ2) is 7.95. The molecule has 106 valence electrons. The number of carbonyl (C=O) groups is 1. The highest BCUT2D eigenvalue weighted by molar-refractivity contribution is 5.81. The standard InChI is InChI=1S/C16H26N2O/c1-4-18(16(19)15(17)12-13(2)3)11-10-14-8-6-5-7-9-14/h5-9,13,15H,4,10-12,17H2,1-3H3. The molecule has 3 nitrogen and oxygen atoms in total. The Morgan fingerprint density at radius 2 is 1.89 bits per heavy atom. The summed E-state index contributed by atoms with van der Waals surface area (Å²) >= 11 is 0. The number of hydrogen-bond donors (Lipinski definition) is 1. The van der Waals surface area contributed by atoms with Crippen molar-refractivity contribution in [2.24, 2.45) is 11.7 Å². The lowest BCUT2D eigenvalue weighted by Gasteiger charge is -2.25. The molecule has 1 unspecified atom stereocenters. The normalized spacial score (nSPS) is 12.5. The molecule has 0 saturated heterocycles. The molecule has 0 heterocycles. The van der Waals surface area contributed by atoms with Crippen LogP contribution in [0.25, 0.3) is 0 Å². The first-order chi connectivity index (χ1) is 9.04. The largest absolute Gasteiger partial charge is 0.341 e. The van der Waals surface area contributed by atoms with Crippen LogP contribution in [-0.2, 0) is 11.2 Å². The molecule has 0 radical (unpaired) electrons. The minimum absolute atomic E-state index is 0.0760. The fourth-order valence-electron chi connectivity index (χ4n) is 2.18. The summed E-state index contributed by atoms with van der Waals surface area (Å²) in [6, 6.07) is 9.87. The second-order valence-electron chi connectivity index (χ2n) is 5.39. The van der Waals surface area contributed by atoms with Gasteiger partial charge in [-0.2, -0.15) is 0 Å². The van der Waals surface area contributed by atoms with Crippen LogP contribution in [0.5, 0.6) is 0 Å². The Labute approximate surface area is 116 Å². The SMILES string of the molecule is CCN(CCc1ccccc1)C(=O)C(N)CC(C)C. The monoisotopic (exact) mass is 262 g/mol. The maximum atomic E-state index is 12.2. The highest BCUT2D eigenvalue weighted by Crippen LogP contribution is 2.07. The molecule has 1 rings (SSSR count). The van der Waals surface area contributed by atoms with Crippen LogP contribution >= 0.6 is 0 Å². The molecule has 0 saturated carbocycles. The van der Waals surface area contributed by atoms with Gasteiger partial charge in [0, 0.05) is 13.1 Å². The average Bonchev–Trinajstić information content (AvgIpc) is 2.39. The Hall–Kier alpha value is -1.35. The summed E-state index contributed by atoms with van der Waals surface area (Å²) in [6.45, 7) is 7.65. The quantitative estimate of drug-likeness (QED) is 0.820. The molecular weight excluding hydrogens is 236 g/mol. The minimum atomic E-state index is -0.365. The van der Waals surface area contributed by atoms with E-state index in [1.54, 1.807) is 0 Å². The van der Waals surface area contributed by atoms with E-state index < -0.39 is 0 Å². The zero-order valence-electron chi connectivity index (χ0n) is 12.3. The number of nitrogens with zero attached hydrogens (tertiary/aromatic N) is 1. The van der Waals surface area contributed by atoms with Crippen LogP contribution in [0.4, 0.5) is 0 Å². The van der Waals surface area contributed by atoms with Gasteiger partial charge in [0.15, 0.2) is 0 Å². The van der Waals surface area contributed by atoms with Gasteiger partial charge < -0.3 is 10.6 Å². The van der Waals surface area contributed by atoms with Crippen molar-refractivity contribution in [3.05, 3.63) is 35.9 Å². The summed E-state index contributed by atoms with van der Waals surface area (Å²) < 4.78 is 0. The number of likely N-dealkylation sites (N-methyl/N-ethyl adjacent to an activating group) is 1. The zero-order chi connectivity index (χ0) is 14.3. The average molecular weight is 262 g/mol. The van der Waals surface area contributed by atoms with E-state index in [4.69, 9.17) is 5.73 Å². The Morgan fingerprint density at radius 1 is 1.26 bits per heavy atom. The predicted octanol–water partition coefficient (Wildman–Crippen LogP) is 2.45. The zero-order valence-corrected chi connectivity index (χ0v) is 12.3. The number of rotatable bonds is 7. The van der Waals surface area contributed by atoms with Crippen LogP contribution in [0.2, 0.25) is 0 Å². The van der Waals surface area contributed by atoms with Crippen molar-refractivity contribution in [2.75, 3.05) is 13.1 Å². The van der Waals surface area contributed by atoms with Gasteiger partial charge in [-0.05, 0) is 31.2 Å². The highest BCUT2D eigenvalue weighted by atomic mass is 16.2. The van der Waals surface area contributed by atoms with Crippen molar-refractivity contribution in [2.45, 2.75) is 39.7 Å². The molecule has 2 N–H and O–H groups in total. The number of nitrogens with two attached hydrogens (primary N) is 1. The van der Waals surface area contributed by atoms with E-state index in [0.29, 0.717) is 5.92 Å². The van der Waals surface area contributed by atoms with Crippen LogP contribution in [-0.4, -0.2) is 29.9 Å². The number of hydrogen-bond acceptors (Lipinski definition) is 2. The van der Waals surface area contributed by atoms with Crippen LogP contribution in [0.3, 0.4) is 0 Å². The Bertz CT molecular complexity index is 376. The molecule has 0 aliphatic heterocycles. The van der Waals surface area contributed by atoms with Gasteiger partial charge in [0.05, 0.1) is 6.04 Å². The molecular formula is C16H26N2O. The van der Waals surface area contributed by atoms with Crippen molar-refractivity contribution >= 4 is 5.91 Å². The Morgan fingerprint density at radius 3 is 2.42 bits per heavy atom. The molecule has 0 aliphatic rings. The molecule has 1 atom stereocenters. The summed E-state index contributed by atoms with van der Waals surface area (Å²) in [5, 5.41) is 0. The first-order valence-corrected chi connectivity index (χ1v) is 7.12. The maximum Gasteiger partial charge on any atom is 0.239 e. The topological polar surface area (TPSA) is 46.3 Å². The van der Waals surface area contributed by atoms with Crippen LogP contribution < -0.4 is 5.73 Å². The molecule has 0 bridgehead atoms.